The van der Waals surface area contributed by atoms with Crippen molar-refractivity contribution in [3.8, 4) is 11.9 Å². The van der Waals surface area contributed by atoms with Crippen molar-refractivity contribution < 1.29 is 9.53 Å². The molecule has 0 spiro atoms. The summed E-state index contributed by atoms with van der Waals surface area (Å²) >= 11 is 1.50. The molecule has 0 atom stereocenters. The second kappa shape index (κ2) is 10.9. The minimum Gasteiger partial charge on any atom is -0.472 e. The van der Waals surface area contributed by atoms with Gasteiger partial charge in [-0.15, -0.1) is 0 Å². The number of carbonyl (C=O) groups is 1. The number of anilines is 1. The van der Waals surface area contributed by atoms with Crippen LogP contribution < -0.4 is 9.64 Å². The number of carbonyl (C=O) groups excluding carboxylic acids is 1. The predicted molar refractivity (Wildman–Crippen MR) is 135 cm³/mol. The first-order chi connectivity index (χ1) is 17.2. The fourth-order valence-electron chi connectivity index (χ4n) is 4.10. The van der Waals surface area contributed by atoms with Gasteiger partial charge in [-0.05, 0) is 54.7 Å². The highest BCUT2D eigenvalue weighted by atomic mass is 32.2. The topological polar surface area (TPSA) is 82.3 Å². The first kappa shape index (κ1) is 23.3. The Bertz CT molecular complexity index is 1210. The minimum absolute atomic E-state index is 0.300. The van der Waals surface area contributed by atoms with Crippen LogP contribution in [0.4, 0.5) is 5.95 Å². The Labute approximate surface area is 209 Å². The number of aldehydes is 1. The van der Waals surface area contributed by atoms with Gasteiger partial charge in [0.1, 0.15) is 12.9 Å². The number of ether oxygens (including phenoxy) is 1. The van der Waals surface area contributed by atoms with E-state index >= 15 is 0 Å². The highest BCUT2D eigenvalue weighted by molar-refractivity contribution is 7.99. The second-order valence-electron chi connectivity index (χ2n) is 8.96. The molecule has 0 unspecified atom stereocenters. The standard InChI is InChI=1S/C27H27N5O2S/c28-15-20-6-8-24(9-7-20)35-25-16-29-27(32-12-10-31(11-13-32)17-21-4-5-21)30-26(25)34-19-23-3-1-2-22(14-23)18-33/h1-3,6-9,14,16,18,21H,4-5,10-13,17,19H2. The molecule has 2 aliphatic rings. The molecule has 1 aromatic heterocycles. The first-order valence-corrected chi connectivity index (χ1v) is 12.7. The normalized spacial score (nSPS) is 16.0. The van der Waals surface area contributed by atoms with Crippen LogP contribution in [0.2, 0.25) is 0 Å². The Kier molecular flexibility index (Phi) is 7.26. The van der Waals surface area contributed by atoms with Crippen LogP contribution in [-0.2, 0) is 6.61 Å². The van der Waals surface area contributed by atoms with E-state index in [0.29, 0.717) is 29.6 Å². The summed E-state index contributed by atoms with van der Waals surface area (Å²) in [6.07, 6.45) is 5.40. The van der Waals surface area contributed by atoms with Crippen molar-refractivity contribution in [3.63, 3.8) is 0 Å². The van der Waals surface area contributed by atoms with Crippen LogP contribution in [0.15, 0.2) is 64.5 Å². The van der Waals surface area contributed by atoms with Crippen molar-refractivity contribution >= 4 is 24.0 Å². The lowest BCUT2D eigenvalue weighted by molar-refractivity contribution is 0.112. The third kappa shape index (κ3) is 6.18. The molecule has 0 bridgehead atoms. The minimum atomic E-state index is 0.300. The van der Waals surface area contributed by atoms with Crippen molar-refractivity contribution in [1.29, 1.82) is 5.26 Å². The third-order valence-corrected chi connectivity index (χ3v) is 7.26. The van der Waals surface area contributed by atoms with Crippen LogP contribution in [0.25, 0.3) is 0 Å². The smallest absolute Gasteiger partial charge is 0.232 e. The molecule has 0 radical (unpaired) electrons. The predicted octanol–water partition coefficient (Wildman–Crippen LogP) is 4.42. The molecule has 2 heterocycles. The van der Waals surface area contributed by atoms with E-state index in [9.17, 15) is 4.79 Å². The molecular formula is C27H27N5O2S. The molecule has 2 aromatic carbocycles. The Morgan fingerprint density at radius 1 is 1.11 bits per heavy atom. The molecule has 2 fully saturated rings. The molecule has 178 valence electrons. The van der Waals surface area contributed by atoms with Crippen molar-refractivity contribution in [3.05, 3.63) is 71.4 Å². The summed E-state index contributed by atoms with van der Waals surface area (Å²) < 4.78 is 6.18. The number of nitriles is 1. The van der Waals surface area contributed by atoms with Gasteiger partial charge in [0.25, 0.3) is 0 Å². The van der Waals surface area contributed by atoms with E-state index in [4.69, 9.17) is 15.0 Å². The van der Waals surface area contributed by atoms with Crippen molar-refractivity contribution in [2.75, 3.05) is 37.6 Å². The van der Waals surface area contributed by atoms with E-state index in [-0.39, 0.29) is 0 Å². The second-order valence-corrected chi connectivity index (χ2v) is 10.1. The van der Waals surface area contributed by atoms with Gasteiger partial charge in [-0.1, -0.05) is 30.0 Å². The number of nitrogens with zero attached hydrogens (tertiary/aromatic N) is 5. The number of hydrogen-bond donors (Lipinski definition) is 0. The molecule has 8 heteroatoms. The van der Waals surface area contributed by atoms with E-state index in [1.54, 1.807) is 18.2 Å². The van der Waals surface area contributed by atoms with Crippen molar-refractivity contribution in [2.24, 2.45) is 5.92 Å². The van der Waals surface area contributed by atoms with Crippen LogP contribution in [0, 0.1) is 17.2 Å². The number of piperazine rings is 1. The Morgan fingerprint density at radius 2 is 1.91 bits per heavy atom. The Hall–Kier alpha value is -3.41. The summed E-state index contributed by atoms with van der Waals surface area (Å²) in [4.78, 5) is 27.2. The van der Waals surface area contributed by atoms with E-state index in [2.05, 4.69) is 20.9 Å². The van der Waals surface area contributed by atoms with E-state index in [1.165, 1.54) is 31.1 Å². The van der Waals surface area contributed by atoms with Gasteiger partial charge in [0, 0.05) is 43.2 Å². The zero-order chi connectivity index (χ0) is 24.0. The van der Waals surface area contributed by atoms with Gasteiger partial charge in [-0.3, -0.25) is 9.69 Å². The van der Waals surface area contributed by atoms with Crippen LogP contribution in [-0.4, -0.2) is 53.9 Å². The van der Waals surface area contributed by atoms with Crippen molar-refractivity contribution in [2.45, 2.75) is 29.2 Å². The SMILES string of the molecule is N#Cc1ccc(Sc2cnc(N3CCN(CC4CC4)CC3)nc2OCc2cccc(C=O)c2)cc1. The largest absolute Gasteiger partial charge is 0.472 e. The van der Waals surface area contributed by atoms with E-state index < -0.39 is 0 Å². The molecule has 1 aliphatic heterocycles. The van der Waals surface area contributed by atoms with Gasteiger partial charge in [0.05, 0.1) is 22.7 Å². The summed E-state index contributed by atoms with van der Waals surface area (Å²) in [5, 5.41) is 9.07. The van der Waals surface area contributed by atoms with Crippen LogP contribution in [0.5, 0.6) is 5.88 Å². The number of hydrogen-bond acceptors (Lipinski definition) is 8. The zero-order valence-electron chi connectivity index (χ0n) is 19.5. The lowest BCUT2D eigenvalue weighted by Crippen LogP contribution is -2.47. The molecule has 0 N–H and O–H groups in total. The Morgan fingerprint density at radius 3 is 2.63 bits per heavy atom. The first-order valence-electron chi connectivity index (χ1n) is 11.9. The molecular weight excluding hydrogens is 458 g/mol. The average Bonchev–Trinajstić information content (AvgIpc) is 3.73. The number of benzene rings is 2. The highest BCUT2D eigenvalue weighted by Crippen LogP contribution is 2.35. The maximum Gasteiger partial charge on any atom is 0.232 e. The average molecular weight is 486 g/mol. The number of aromatic nitrogens is 2. The Balaban J connectivity index is 1.33. The maximum atomic E-state index is 11.1. The summed E-state index contributed by atoms with van der Waals surface area (Å²) in [6, 6.07) is 16.9. The fourth-order valence-corrected chi connectivity index (χ4v) is 4.92. The van der Waals surface area contributed by atoms with Gasteiger partial charge in [0.2, 0.25) is 11.8 Å². The summed E-state index contributed by atoms with van der Waals surface area (Å²) in [5.74, 6) is 2.09. The van der Waals surface area contributed by atoms with Gasteiger partial charge in [0.15, 0.2) is 0 Å². The highest BCUT2D eigenvalue weighted by Gasteiger charge is 2.27. The molecule has 5 rings (SSSR count). The monoisotopic (exact) mass is 485 g/mol. The lowest BCUT2D eigenvalue weighted by Gasteiger charge is -2.34. The van der Waals surface area contributed by atoms with Crippen LogP contribution in [0.1, 0.15) is 34.3 Å². The third-order valence-electron chi connectivity index (χ3n) is 6.25. The van der Waals surface area contributed by atoms with Crippen LogP contribution in [0.3, 0.4) is 0 Å². The van der Waals surface area contributed by atoms with E-state index in [0.717, 1.165) is 53.7 Å². The molecule has 1 saturated carbocycles. The van der Waals surface area contributed by atoms with E-state index in [1.807, 2.05) is 36.5 Å². The van der Waals surface area contributed by atoms with Gasteiger partial charge in [-0.2, -0.15) is 10.2 Å². The molecule has 1 saturated heterocycles. The lowest BCUT2D eigenvalue weighted by atomic mass is 10.1. The summed E-state index contributed by atoms with van der Waals surface area (Å²) in [7, 11) is 0. The number of rotatable bonds is 9. The molecule has 35 heavy (non-hydrogen) atoms. The van der Waals surface area contributed by atoms with Gasteiger partial charge < -0.3 is 9.64 Å². The quantitative estimate of drug-likeness (QED) is 0.412. The van der Waals surface area contributed by atoms with Gasteiger partial charge >= 0.3 is 0 Å². The molecule has 0 amide bonds. The molecule has 3 aromatic rings. The zero-order valence-corrected chi connectivity index (χ0v) is 20.3. The fraction of sp³-hybridized carbons (Fsp3) is 0.333. The van der Waals surface area contributed by atoms with Crippen molar-refractivity contribution in [1.82, 2.24) is 14.9 Å². The van der Waals surface area contributed by atoms with Crippen LogP contribution >= 0.6 is 11.8 Å². The maximum absolute atomic E-state index is 11.1. The van der Waals surface area contributed by atoms with Gasteiger partial charge in [-0.25, -0.2) is 4.98 Å². The summed E-state index contributed by atoms with van der Waals surface area (Å²) in [5.41, 5.74) is 2.14. The molecule has 1 aliphatic carbocycles. The summed E-state index contributed by atoms with van der Waals surface area (Å²) in [6.45, 7) is 5.36. The molecule has 7 nitrogen and oxygen atoms in total.